The van der Waals surface area contributed by atoms with Gasteiger partial charge in [0.2, 0.25) is 5.91 Å². The van der Waals surface area contributed by atoms with E-state index in [0.717, 1.165) is 22.3 Å². The fraction of sp³-hybridized carbons (Fsp3) is 0.423. The van der Waals surface area contributed by atoms with E-state index in [1.807, 2.05) is 36.4 Å². The van der Waals surface area contributed by atoms with E-state index in [1.165, 1.54) is 4.90 Å². The molecule has 2 aromatic rings. The minimum atomic E-state index is -0.975. The van der Waals surface area contributed by atoms with Crippen LogP contribution in [0.5, 0.6) is 0 Å². The van der Waals surface area contributed by atoms with Crippen molar-refractivity contribution in [2.75, 3.05) is 32.9 Å². The highest BCUT2D eigenvalue weighted by atomic mass is 16.5. The third-order valence-corrected chi connectivity index (χ3v) is 7.49. The number of alkyl carbamates (subject to hydrolysis) is 1. The summed E-state index contributed by atoms with van der Waals surface area (Å²) in [5.41, 5.74) is 3.53. The Morgan fingerprint density at radius 1 is 1.15 bits per heavy atom. The molecule has 34 heavy (non-hydrogen) atoms. The summed E-state index contributed by atoms with van der Waals surface area (Å²) in [4.78, 5) is 39.1. The van der Waals surface area contributed by atoms with E-state index in [9.17, 15) is 19.5 Å². The molecule has 1 aliphatic carbocycles. The van der Waals surface area contributed by atoms with E-state index in [1.54, 1.807) is 6.92 Å². The van der Waals surface area contributed by atoms with E-state index >= 15 is 0 Å². The van der Waals surface area contributed by atoms with Gasteiger partial charge < -0.3 is 24.8 Å². The zero-order chi connectivity index (χ0) is 23.9. The summed E-state index contributed by atoms with van der Waals surface area (Å²) in [5, 5.41) is 12.4. The Morgan fingerprint density at radius 2 is 1.79 bits per heavy atom. The van der Waals surface area contributed by atoms with Gasteiger partial charge in [-0.25, -0.2) is 4.79 Å². The van der Waals surface area contributed by atoms with Gasteiger partial charge in [0.1, 0.15) is 12.6 Å². The number of aliphatic carboxylic acids is 1. The number of ether oxygens (including phenoxy) is 2. The number of nitrogens with one attached hydrogen (secondary N) is 1. The van der Waals surface area contributed by atoms with Gasteiger partial charge in [0.25, 0.3) is 0 Å². The van der Waals surface area contributed by atoms with Crippen LogP contribution in [0.4, 0.5) is 4.79 Å². The van der Waals surface area contributed by atoms with Gasteiger partial charge in [0.15, 0.2) is 0 Å². The minimum Gasteiger partial charge on any atom is -0.481 e. The molecule has 0 spiro atoms. The minimum absolute atomic E-state index is 0.0683. The van der Waals surface area contributed by atoms with Crippen LogP contribution in [0.25, 0.3) is 11.1 Å². The first-order valence-corrected chi connectivity index (χ1v) is 11.6. The molecule has 178 valence electrons. The van der Waals surface area contributed by atoms with Crippen molar-refractivity contribution in [1.29, 1.82) is 0 Å². The highest BCUT2D eigenvalue weighted by Crippen LogP contribution is 2.45. The molecule has 0 aromatic heterocycles. The van der Waals surface area contributed by atoms with E-state index in [2.05, 4.69) is 17.4 Å². The topological polar surface area (TPSA) is 105 Å². The smallest absolute Gasteiger partial charge is 0.407 e. The third kappa shape index (κ3) is 3.72. The molecule has 2 saturated heterocycles. The van der Waals surface area contributed by atoms with Crippen LogP contribution in [-0.4, -0.2) is 66.9 Å². The summed E-state index contributed by atoms with van der Waals surface area (Å²) < 4.78 is 11.0. The molecule has 2 aromatic carbocycles. The Labute approximate surface area is 197 Å². The zero-order valence-electron chi connectivity index (χ0n) is 19.0. The number of amides is 2. The SMILES string of the molecule is C[C@H](NC(=O)OCC1c2ccccc2-c2ccccc21)C(=O)N1C[C@H]2COCC[C@@]2(C(=O)O)C1. The molecule has 0 unspecified atom stereocenters. The van der Waals surface area contributed by atoms with Crippen LogP contribution in [0.2, 0.25) is 0 Å². The van der Waals surface area contributed by atoms with Crippen LogP contribution >= 0.6 is 0 Å². The molecular weight excluding hydrogens is 436 g/mol. The van der Waals surface area contributed by atoms with Crippen molar-refractivity contribution in [3.63, 3.8) is 0 Å². The highest BCUT2D eigenvalue weighted by molar-refractivity contribution is 5.87. The number of benzene rings is 2. The van der Waals surface area contributed by atoms with Crippen molar-refractivity contribution in [1.82, 2.24) is 10.2 Å². The van der Waals surface area contributed by atoms with Crippen molar-refractivity contribution in [3.05, 3.63) is 59.7 Å². The lowest BCUT2D eigenvalue weighted by Crippen LogP contribution is -2.48. The van der Waals surface area contributed by atoms with E-state index < -0.39 is 23.5 Å². The van der Waals surface area contributed by atoms with Crippen LogP contribution in [0.1, 0.15) is 30.4 Å². The lowest BCUT2D eigenvalue weighted by molar-refractivity contribution is -0.157. The standard InChI is InChI=1S/C26H28N2O6/c1-16(23(29)28-12-17-13-33-11-10-26(17,15-28)24(30)31)27-25(32)34-14-22-20-8-4-2-6-18(20)19-7-3-5-9-21(19)22/h2-9,16-17,22H,10-15H2,1H3,(H,27,32)(H,30,31)/t16-,17-,26+/m0/s1. The first-order valence-electron chi connectivity index (χ1n) is 11.6. The Hall–Kier alpha value is -3.39. The molecule has 5 rings (SSSR count). The van der Waals surface area contributed by atoms with Gasteiger partial charge in [-0.3, -0.25) is 9.59 Å². The number of nitrogens with zero attached hydrogens (tertiary/aromatic N) is 1. The van der Waals surface area contributed by atoms with Gasteiger partial charge in [0.05, 0.1) is 12.0 Å². The second-order valence-electron chi connectivity index (χ2n) is 9.39. The molecular formula is C26H28N2O6. The Morgan fingerprint density at radius 3 is 2.41 bits per heavy atom. The van der Waals surface area contributed by atoms with Gasteiger partial charge in [-0.1, -0.05) is 48.5 Å². The quantitative estimate of drug-likeness (QED) is 0.705. The van der Waals surface area contributed by atoms with Crippen LogP contribution in [0.15, 0.2) is 48.5 Å². The van der Waals surface area contributed by atoms with Crippen molar-refractivity contribution in [2.45, 2.75) is 25.3 Å². The summed E-state index contributed by atoms with van der Waals surface area (Å²) in [5.74, 6) is -1.53. The lowest BCUT2D eigenvalue weighted by Gasteiger charge is -2.33. The number of likely N-dealkylation sites (tertiary alicyclic amines) is 1. The summed E-state index contributed by atoms with van der Waals surface area (Å²) >= 11 is 0. The number of hydrogen-bond donors (Lipinski definition) is 2. The fourth-order valence-electron chi connectivity index (χ4n) is 5.62. The maximum atomic E-state index is 13.0. The molecule has 0 bridgehead atoms. The van der Waals surface area contributed by atoms with Gasteiger partial charge in [-0.15, -0.1) is 0 Å². The number of carboxylic acids is 1. The van der Waals surface area contributed by atoms with Crippen LogP contribution in [0.3, 0.4) is 0 Å². The van der Waals surface area contributed by atoms with Gasteiger partial charge >= 0.3 is 12.1 Å². The summed E-state index contributed by atoms with van der Waals surface area (Å²) in [6.45, 7) is 2.89. The largest absolute Gasteiger partial charge is 0.481 e. The zero-order valence-corrected chi connectivity index (χ0v) is 19.0. The number of carbonyl (C=O) groups is 3. The average molecular weight is 465 g/mol. The maximum absolute atomic E-state index is 13.0. The normalized spacial score (nSPS) is 24.0. The van der Waals surface area contributed by atoms with Gasteiger partial charge in [-0.2, -0.15) is 0 Å². The number of carboxylic acid groups (broad SMARTS) is 1. The number of carbonyl (C=O) groups excluding carboxylic acids is 2. The molecule has 8 nitrogen and oxygen atoms in total. The third-order valence-electron chi connectivity index (χ3n) is 7.49. The van der Waals surface area contributed by atoms with E-state index in [4.69, 9.17) is 9.47 Å². The fourth-order valence-corrected chi connectivity index (χ4v) is 5.62. The average Bonchev–Trinajstić information content (AvgIpc) is 3.39. The summed E-state index contributed by atoms with van der Waals surface area (Å²) in [7, 11) is 0. The molecule has 2 aliphatic heterocycles. The molecule has 0 radical (unpaired) electrons. The number of rotatable bonds is 5. The van der Waals surface area contributed by atoms with E-state index in [0.29, 0.717) is 26.2 Å². The molecule has 0 saturated carbocycles. The Balaban J connectivity index is 1.20. The van der Waals surface area contributed by atoms with Crippen molar-refractivity contribution in [2.24, 2.45) is 11.3 Å². The van der Waals surface area contributed by atoms with Crippen molar-refractivity contribution < 1.29 is 29.0 Å². The first kappa shape index (κ1) is 22.4. The second-order valence-corrected chi connectivity index (χ2v) is 9.39. The maximum Gasteiger partial charge on any atom is 0.407 e. The monoisotopic (exact) mass is 464 g/mol. The highest BCUT2D eigenvalue weighted by Gasteiger charge is 2.55. The molecule has 2 N–H and O–H groups in total. The van der Waals surface area contributed by atoms with E-state index in [-0.39, 0.29) is 30.9 Å². The summed E-state index contributed by atoms with van der Waals surface area (Å²) in [6, 6.07) is 15.3. The summed E-state index contributed by atoms with van der Waals surface area (Å²) in [6.07, 6.45) is -0.291. The van der Waals surface area contributed by atoms with Crippen LogP contribution < -0.4 is 5.32 Å². The van der Waals surface area contributed by atoms with Gasteiger partial charge in [0, 0.05) is 31.5 Å². The molecule has 3 aliphatic rings. The Bertz CT molecular complexity index is 1090. The van der Waals surface area contributed by atoms with Crippen molar-refractivity contribution >= 4 is 18.0 Å². The second kappa shape index (κ2) is 8.76. The lowest BCUT2D eigenvalue weighted by atomic mass is 9.74. The molecule has 2 amide bonds. The predicted octanol–water partition coefficient (Wildman–Crippen LogP) is 2.86. The molecule has 3 atom stereocenters. The number of hydrogen-bond acceptors (Lipinski definition) is 5. The van der Waals surface area contributed by atoms with Gasteiger partial charge in [-0.05, 0) is 35.6 Å². The molecule has 2 heterocycles. The Kier molecular flexibility index (Phi) is 5.77. The predicted molar refractivity (Wildman–Crippen MR) is 123 cm³/mol. The first-order chi connectivity index (χ1) is 16.4. The molecule has 8 heteroatoms. The van der Waals surface area contributed by atoms with Crippen molar-refractivity contribution in [3.8, 4) is 11.1 Å². The van der Waals surface area contributed by atoms with Crippen LogP contribution in [-0.2, 0) is 19.1 Å². The number of fused-ring (bicyclic) bond motifs is 4. The molecule has 2 fully saturated rings. The van der Waals surface area contributed by atoms with Crippen LogP contribution in [0, 0.1) is 11.3 Å².